The molecule has 9 heteroatoms. The summed E-state index contributed by atoms with van der Waals surface area (Å²) in [4.78, 5) is 27.4. The van der Waals surface area contributed by atoms with Crippen LogP contribution >= 0.6 is 0 Å². The van der Waals surface area contributed by atoms with E-state index in [1.54, 1.807) is 29.7 Å². The maximum Gasteiger partial charge on any atom is 0.257 e. The molecule has 2 fully saturated rings. The SMILES string of the molecule is Cc1nn(C)cc1C(=O)N1CCC2(CC1)N(Cc1ccccc1)C(=O)CS2(=O)=O. The molecule has 2 aliphatic rings. The normalized spacial score (nSPS) is 20.4. The molecule has 1 spiro atoms. The molecular formula is C20H24N4O4S. The standard InChI is InChI=1S/C20H24N4O4S/c1-15-17(13-22(2)21-15)19(26)23-10-8-20(9-11-23)24(18(25)14-29(20,27)28)12-16-6-4-3-5-7-16/h3-7,13H,8-12,14H2,1-2H3. The summed E-state index contributed by atoms with van der Waals surface area (Å²) < 4.78 is 27.5. The van der Waals surface area contributed by atoms with Gasteiger partial charge < -0.3 is 9.80 Å². The van der Waals surface area contributed by atoms with E-state index in [2.05, 4.69) is 5.10 Å². The number of sulfone groups is 1. The zero-order valence-corrected chi connectivity index (χ0v) is 17.4. The minimum atomic E-state index is -3.62. The van der Waals surface area contributed by atoms with Crippen molar-refractivity contribution in [2.75, 3.05) is 18.8 Å². The Bertz CT molecular complexity index is 1050. The van der Waals surface area contributed by atoms with Gasteiger partial charge in [0.1, 0.15) is 10.6 Å². The van der Waals surface area contributed by atoms with E-state index in [0.717, 1.165) is 5.56 Å². The first-order valence-corrected chi connectivity index (χ1v) is 11.2. The number of hydrogen-bond acceptors (Lipinski definition) is 5. The van der Waals surface area contributed by atoms with Crippen molar-refractivity contribution >= 4 is 21.7 Å². The third-order valence-corrected chi connectivity index (χ3v) is 8.36. The number of hydrogen-bond donors (Lipinski definition) is 0. The molecule has 0 radical (unpaired) electrons. The van der Waals surface area contributed by atoms with Gasteiger partial charge in [-0.3, -0.25) is 14.3 Å². The van der Waals surface area contributed by atoms with Crippen LogP contribution in [0.15, 0.2) is 36.5 Å². The van der Waals surface area contributed by atoms with E-state index in [-0.39, 0.29) is 44.3 Å². The van der Waals surface area contributed by atoms with Gasteiger partial charge in [-0.25, -0.2) is 8.42 Å². The highest BCUT2D eigenvalue weighted by molar-refractivity contribution is 7.93. The van der Waals surface area contributed by atoms with Crippen molar-refractivity contribution in [2.45, 2.75) is 31.2 Å². The van der Waals surface area contributed by atoms with Crippen LogP contribution in [0.25, 0.3) is 0 Å². The summed E-state index contributed by atoms with van der Waals surface area (Å²) >= 11 is 0. The lowest BCUT2D eigenvalue weighted by Gasteiger charge is -2.43. The monoisotopic (exact) mass is 416 g/mol. The van der Waals surface area contributed by atoms with Gasteiger partial charge in [0.25, 0.3) is 5.91 Å². The first kappa shape index (κ1) is 19.6. The molecule has 0 aliphatic carbocycles. The highest BCUT2D eigenvalue weighted by atomic mass is 32.2. The van der Waals surface area contributed by atoms with Gasteiger partial charge in [0.05, 0.1) is 11.3 Å². The first-order valence-electron chi connectivity index (χ1n) is 9.60. The van der Waals surface area contributed by atoms with Crippen molar-refractivity contribution in [2.24, 2.45) is 7.05 Å². The molecule has 1 aromatic carbocycles. The van der Waals surface area contributed by atoms with Gasteiger partial charge in [0.15, 0.2) is 9.84 Å². The fourth-order valence-electron chi connectivity index (χ4n) is 4.39. The van der Waals surface area contributed by atoms with Crippen molar-refractivity contribution < 1.29 is 18.0 Å². The third kappa shape index (κ3) is 3.23. The van der Waals surface area contributed by atoms with Crippen LogP contribution in [-0.4, -0.2) is 63.5 Å². The molecule has 0 N–H and O–H groups in total. The lowest BCUT2D eigenvalue weighted by Crippen LogP contribution is -2.56. The van der Waals surface area contributed by atoms with Crippen molar-refractivity contribution in [3.63, 3.8) is 0 Å². The van der Waals surface area contributed by atoms with Crippen LogP contribution in [-0.2, 0) is 28.2 Å². The first-order chi connectivity index (χ1) is 13.7. The van der Waals surface area contributed by atoms with Crippen molar-refractivity contribution in [3.8, 4) is 0 Å². The van der Waals surface area contributed by atoms with E-state index < -0.39 is 20.5 Å². The van der Waals surface area contributed by atoms with Gasteiger partial charge in [0.2, 0.25) is 5.91 Å². The van der Waals surface area contributed by atoms with Gasteiger partial charge in [-0.05, 0) is 12.5 Å². The average molecular weight is 417 g/mol. The maximum absolute atomic E-state index is 13.0. The summed E-state index contributed by atoms with van der Waals surface area (Å²) in [7, 11) is -1.87. The number of carbonyl (C=O) groups is 2. The largest absolute Gasteiger partial charge is 0.338 e. The van der Waals surface area contributed by atoms with E-state index in [9.17, 15) is 18.0 Å². The number of benzene rings is 1. The van der Waals surface area contributed by atoms with Crippen LogP contribution in [0, 0.1) is 6.92 Å². The Morgan fingerprint density at radius 3 is 2.41 bits per heavy atom. The van der Waals surface area contributed by atoms with Gasteiger partial charge >= 0.3 is 0 Å². The number of piperidine rings is 1. The maximum atomic E-state index is 13.0. The number of carbonyl (C=O) groups excluding carboxylic acids is 2. The van der Waals surface area contributed by atoms with Crippen molar-refractivity contribution in [1.82, 2.24) is 19.6 Å². The third-order valence-electron chi connectivity index (χ3n) is 5.94. The van der Waals surface area contributed by atoms with Crippen molar-refractivity contribution in [1.29, 1.82) is 0 Å². The number of rotatable bonds is 3. The second-order valence-electron chi connectivity index (χ2n) is 7.76. The number of aryl methyl sites for hydroxylation is 2. The number of likely N-dealkylation sites (tertiary alicyclic amines) is 1. The average Bonchev–Trinajstić information content (AvgIpc) is 3.11. The Labute approximate surface area is 170 Å². The number of amides is 2. The van der Waals surface area contributed by atoms with Crippen LogP contribution < -0.4 is 0 Å². The van der Waals surface area contributed by atoms with E-state index in [0.29, 0.717) is 11.3 Å². The Kier molecular flexibility index (Phi) is 4.72. The second kappa shape index (κ2) is 6.98. The van der Waals surface area contributed by atoms with E-state index in [1.165, 1.54) is 4.90 Å². The van der Waals surface area contributed by atoms with Crippen LogP contribution in [0.2, 0.25) is 0 Å². The van der Waals surface area contributed by atoms with E-state index in [1.807, 2.05) is 30.3 Å². The van der Waals surface area contributed by atoms with Crippen LogP contribution in [0.4, 0.5) is 0 Å². The minimum Gasteiger partial charge on any atom is -0.338 e. The lowest BCUT2D eigenvalue weighted by atomic mass is 10.0. The molecule has 2 aliphatic heterocycles. The molecule has 1 aromatic heterocycles. The molecule has 3 heterocycles. The zero-order valence-electron chi connectivity index (χ0n) is 16.5. The van der Waals surface area contributed by atoms with Gasteiger partial charge in [0, 0.05) is 45.7 Å². The summed E-state index contributed by atoms with van der Waals surface area (Å²) in [5.41, 5.74) is 2.06. The number of aromatic nitrogens is 2. The lowest BCUT2D eigenvalue weighted by molar-refractivity contribution is -0.131. The Balaban J connectivity index is 1.57. The molecule has 0 saturated carbocycles. The topological polar surface area (TPSA) is 92.6 Å². The Morgan fingerprint density at radius 1 is 1.17 bits per heavy atom. The van der Waals surface area contributed by atoms with Gasteiger partial charge in [-0.1, -0.05) is 30.3 Å². The Hall–Kier alpha value is -2.68. The minimum absolute atomic E-state index is 0.151. The smallest absolute Gasteiger partial charge is 0.257 e. The number of nitrogens with zero attached hydrogens (tertiary/aromatic N) is 4. The predicted octanol–water partition coefficient (Wildman–Crippen LogP) is 1.12. The summed E-state index contributed by atoms with van der Waals surface area (Å²) in [6.07, 6.45) is 2.12. The molecular weight excluding hydrogens is 392 g/mol. The molecule has 0 bridgehead atoms. The molecule has 2 saturated heterocycles. The van der Waals surface area contributed by atoms with Crippen LogP contribution in [0.1, 0.15) is 34.5 Å². The molecule has 0 atom stereocenters. The molecule has 8 nitrogen and oxygen atoms in total. The van der Waals surface area contributed by atoms with Gasteiger partial charge in [-0.15, -0.1) is 0 Å². The zero-order chi connectivity index (χ0) is 20.8. The molecule has 29 heavy (non-hydrogen) atoms. The van der Waals surface area contributed by atoms with Crippen molar-refractivity contribution in [3.05, 3.63) is 53.3 Å². The van der Waals surface area contributed by atoms with Crippen LogP contribution in [0.3, 0.4) is 0 Å². The van der Waals surface area contributed by atoms with Crippen LogP contribution in [0.5, 0.6) is 0 Å². The highest BCUT2D eigenvalue weighted by Gasteiger charge is 2.58. The van der Waals surface area contributed by atoms with E-state index >= 15 is 0 Å². The fourth-order valence-corrected chi connectivity index (χ4v) is 6.44. The summed E-state index contributed by atoms with van der Waals surface area (Å²) in [6.45, 7) is 2.60. The summed E-state index contributed by atoms with van der Waals surface area (Å²) in [6, 6.07) is 9.39. The summed E-state index contributed by atoms with van der Waals surface area (Å²) in [5, 5.41) is 4.21. The predicted molar refractivity (Wildman–Crippen MR) is 107 cm³/mol. The Morgan fingerprint density at radius 2 is 1.83 bits per heavy atom. The molecule has 4 rings (SSSR count). The second-order valence-corrected chi connectivity index (χ2v) is 10.0. The molecule has 2 amide bonds. The highest BCUT2D eigenvalue weighted by Crippen LogP contribution is 2.41. The quantitative estimate of drug-likeness (QED) is 0.748. The fraction of sp³-hybridized carbons (Fsp3) is 0.450. The molecule has 2 aromatic rings. The van der Waals surface area contributed by atoms with E-state index in [4.69, 9.17) is 0 Å². The van der Waals surface area contributed by atoms with Gasteiger partial charge in [-0.2, -0.15) is 5.10 Å². The molecule has 0 unspecified atom stereocenters. The summed E-state index contributed by atoms with van der Waals surface area (Å²) in [5.74, 6) is -0.978. The molecule has 154 valence electrons.